The number of hydrogen-bond acceptors (Lipinski definition) is 4. The highest BCUT2D eigenvalue weighted by Gasteiger charge is 2.18. The molecule has 0 saturated heterocycles. The zero-order valence-electron chi connectivity index (χ0n) is 13.6. The summed E-state index contributed by atoms with van der Waals surface area (Å²) in [5.41, 5.74) is 1.81. The van der Waals surface area contributed by atoms with Gasteiger partial charge in [-0.3, -0.25) is 0 Å². The van der Waals surface area contributed by atoms with Gasteiger partial charge in [-0.15, -0.1) is 0 Å². The molecule has 0 bridgehead atoms. The first kappa shape index (κ1) is 16.7. The zero-order chi connectivity index (χ0) is 17.0. The fourth-order valence-corrected chi connectivity index (χ4v) is 2.30. The van der Waals surface area contributed by atoms with Crippen molar-refractivity contribution in [3.63, 3.8) is 0 Å². The van der Waals surface area contributed by atoms with Crippen molar-refractivity contribution in [1.82, 2.24) is 0 Å². The van der Waals surface area contributed by atoms with E-state index in [1.54, 1.807) is 45.6 Å². The topological polar surface area (TPSA) is 36.9 Å². The lowest BCUT2D eigenvalue weighted by Crippen LogP contribution is -1.99. The summed E-state index contributed by atoms with van der Waals surface area (Å²) in [7, 11) is 6.06. The van der Waals surface area contributed by atoms with E-state index in [4.69, 9.17) is 18.9 Å². The second-order valence-corrected chi connectivity index (χ2v) is 4.73. The summed E-state index contributed by atoms with van der Waals surface area (Å²) in [5, 5.41) is 0. The Morgan fingerprint density at radius 1 is 0.826 bits per heavy atom. The summed E-state index contributed by atoms with van der Waals surface area (Å²) < 4.78 is 34.9. The quantitative estimate of drug-likeness (QED) is 0.809. The Morgan fingerprint density at radius 3 is 1.83 bits per heavy atom. The van der Waals surface area contributed by atoms with Crippen LogP contribution in [0.4, 0.5) is 4.39 Å². The predicted octanol–water partition coefficient (Wildman–Crippen LogP) is 3.92. The molecule has 0 fully saturated rings. The molecule has 0 aliphatic carbocycles. The number of halogens is 1. The van der Waals surface area contributed by atoms with E-state index >= 15 is 0 Å². The second-order valence-electron chi connectivity index (χ2n) is 4.73. The van der Waals surface area contributed by atoms with Crippen LogP contribution in [-0.4, -0.2) is 28.4 Å². The maximum atomic E-state index is 14.0. The van der Waals surface area contributed by atoms with Gasteiger partial charge in [0.2, 0.25) is 0 Å². The van der Waals surface area contributed by atoms with Gasteiger partial charge in [0, 0.05) is 12.1 Å². The van der Waals surface area contributed by atoms with Gasteiger partial charge < -0.3 is 18.9 Å². The third-order valence-corrected chi connectivity index (χ3v) is 3.52. The van der Waals surface area contributed by atoms with E-state index in [-0.39, 0.29) is 5.75 Å². The molecular weight excluding hydrogens is 299 g/mol. The van der Waals surface area contributed by atoms with Crippen LogP contribution in [-0.2, 0) is 0 Å². The summed E-state index contributed by atoms with van der Waals surface area (Å²) in [5.74, 6) is 1.37. The molecule has 122 valence electrons. The van der Waals surface area contributed by atoms with E-state index < -0.39 is 5.82 Å². The van der Waals surface area contributed by atoms with Crippen LogP contribution < -0.4 is 18.9 Å². The molecule has 2 rings (SSSR count). The number of ether oxygens (including phenoxy) is 4. The summed E-state index contributed by atoms with van der Waals surface area (Å²) in [6.07, 6.45) is 0. The molecule has 2 aromatic carbocycles. The highest BCUT2D eigenvalue weighted by molar-refractivity contribution is 5.85. The van der Waals surface area contributed by atoms with Gasteiger partial charge in [0.15, 0.2) is 11.6 Å². The first-order valence-electron chi connectivity index (χ1n) is 6.88. The monoisotopic (exact) mass is 318 g/mol. The lowest BCUT2D eigenvalue weighted by molar-refractivity contribution is 0.374. The van der Waals surface area contributed by atoms with E-state index in [1.807, 2.05) is 0 Å². The third kappa shape index (κ3) is 3.23. The average Bonchev–Trinajstić information content (AvgIpc) is 2.59. The Labute approximate surface area is 135 Å². The molecule has 0 saturated carbocycles. The van der Waals surface area contributed by atoms with Gasteiger partial charge in [-0.25, -0.2) is 4.39 Å². The number of rotatable bonds is 6. The minimum atomic E-state index is -0.461. The highest BCUT2D eigenvalue weighted by atomic mass is 19.1. The molecule has 0 aromatic heterocycles. The van der Waals surface area contributed by atoms with Gasteiger partial charge >= 0.3 is 0 Å². The molecule has 23 heavy (non-hydrogen) atoms. The second kappa shape index (κ2) is 7.05. The van der Waals surface area contributed by atoms with Gasteiger partial charge in [-0.1, -0.05) is 12.6 Å². The maximum Gasteiger partial charge on any atom is 0.165 e. The first-order valence-corrected chi connectivity index (χ1v) is 6.88. The molecular formula is C18H19FO4. The van der Waals surface area contributed by atoms with Crippen LogP contribution in [0.3, 0.4) is 0 Å². The molecule has 0 amide bonds. The standard InChI is InChI=1S/C18H19FO4/c1-11(12-6-7-15(21-3)14(19)8-12)18-16(22-4)9-13(20-2)10-17(18)23-5/h6-10H,1H2,2-5H3. The van der Waals surface area contributed by atoms with Crippen LogP contribution in [0.25, 0.3) is 5.57 Å². The lowest BCUT2D eigenvalue weighted by Gasteiger charge is -2.17. The highest BCUT2D eigenvalue weighted by Crippen LogP contribution is 2.41. The fraction of sp³-hybridized carbons (Fsp3) is 0.222. The van der Waals surface area contributed by atoms with Crippen molar-refractivity contribution in [3.8, 4) is 23.0 Å². The van der Waals surface area contributed by atoms with Crippen molar-refractivity contribution in [2.24, 2.45) is 0 Å². The number of benzene rings is 2. The van der Waals surface area contributed by atoms with E-state index in [2.05, 4.69) is 6.58 Å². The largest absolute Gasteiger partial charge is 0.496 e. The molecule has 0 N–H and O–H groups in total. The summed E-state index contributed by atoms with van der Waals surface area (Å²) >= 11 is 0. The van der Waals surface area contributed by atoms with Crippen molar-refractivity contribution in [1.29, 1.82) is 0 Å². The van der Waals surface area contributed by atoms with E-state index in [9.17, 15) is 4.39 Å². The normalized spacial score (nSPS) is 10.1. The molecule has 0 unspecified atom stereocenters. The van der Waals surface area contributed by atoms with E-state index in [0.29, 0.717) is 33.9 Å². The van der Waals surface area contributed by atoms with Crippen LogP contribution >= 0.6 is 0 Å². The van der Waals surface area contributed by atoms with Crippen LogP contribution in [0.15, 0.2) is 36.9 Å². The fourth-order valence-electron chi connectivity index (χ4n) is 2.30. The van der Waals surface area contributed by atoms with Gasteiger partial charge in [0.1, 0.15) is 17.2 Å². The van der Waals surface area contributed by atoms with Crippen molar-refractivity contribution >= 4 is 5.57 Å². The molecule has 5 heteroatoms. The lowest BCUT2D eigenvalue weighted by atomic mass is 9.97. The van der Waals surface area contributed by atoms with Crippen molar-refractivity contribution < 1.29 is 23.3 Å². The number of hydrogen-bond donors (Lipinski definition) is 0. The van der Waals surface area contributed by atoms with E-state index in [1.165, 1.54) is 13.2 Å². The summed E-state index contributed by atoms with van der Waals surface area (Å²) in [6, 6.07) is 8.10. The van der Waals surface area contributed by atoms with Gasteiger partial charge in [-0.05, 0) is 23.3 Å². The molecule has 0 atom stereocenters. The Hall–Kier alpha value is -2.69. The molecule has 0 aliphatic rings. The van der Waals surface area contributed by atoms with Crippen molar-refractivity contribution in [3.05, 3.63) is 53.9 Å². The Morgan fingerprint density at radius 2 is 1.39 bits per heavy atom. The molecule has 0 heterocycles. The zero-order valence-corrected chi connectivity index (χ0v) is 13.6. The van der Waals surface area contributed by atoms with Crippen molar-refractivity contribution in [2.75, 3.05) is 28.4 Å². The van der Waals surface area contributed by atoms with Crippen LogP contribution in [0.5, 0.6) is 23.0 Å². The predicted molar refractivity (Wildman–Crippen MR) is 87.2 cm³/mol. The first-order chi connectivity index (χ1) is 11.0. The van der Waals surface area contributed by atoms with Gasteiger partial charge in [0.05, 0.1) is 34.0 Å². The minimum Gasteiger partial charge on any atom is -0.496 e. The molecule has 0 spiro atoms. The minimum absolute atomic E-state index is 0.176. The van der Waals surface area contributed by atoms with Gasteiger partial charge in [0.25, 0.3) is 0 Å². The van der Waals surface area contributed by atoms with Crippen LogP contribution in [0.2, 0.25) is 0 Å². The smallest absolute Gasteiger partial charge is 0.165 e. The summed E-state index contributed by atoms with van der Waals surface area (Å²) in [4.78, 5) is 0. The SMILES string of the molecule is C=C(c1ccc(OC)c(F)c1)c1c(OC)cc(OC)cc1OC. The van der Waals surface area contributed by atoms with Crippen molar-refractivity contribution in [2.45, 2.75) is 0 Å². The molecule has 0 radical (unpaired) electrons. The maximum absolute atomic E-state index is 14.0. The van der Waals surface area contributed by atoms with Crippen LogP contribution in [0, 0.1) is 5.82 Å². The Kier molecular flexibility index (Phi) is 5.11. The third-order valence-electron chi connectivity index (χ3n) is 3.52. The Bertz CT molecular complexity index is 700. The molecule has 4 nitrogen and oxygen atoms in total. The average molecular weight is 318 g/mol. The molecule has 2 aromatic rings. The van der Waals surface area contributed by atoms with E-state index in [0.717, 1.165) is 0 Å². The number of methoxy groups -OCH3 is 4. The van der Waals surface area contributed by atoms with Gasteiger partial charge in [-0.2, -0.15) is 0 Å². The molecule has 0 aliphatic heterocycles. The summed E-state index contributed by atoms with van der Waals surface area (Å²) in [6.45, 7) is 4.06. The van der Waals surface area contributed by atoms with Crippen LogP contribution in [0.1, 0.15) is 11.1 Å². The Balaban J connectivity index is 2.56.